The van der Waals surface area contributed by atoms with Gasteiger partial charge in [0.1, 0.15) is 0 Å². The number of fused-ring (bicyclic) bond motifs is 1. The molecule has 0 aromatic heterocycles. The fourth-order valence-electron chi connectivity index (χ4n) is 3.42. The molecular weight excluding hydrogens is 294 g/mol. The maximum absolute atomic E-state index is 11.4. The number of halogens is 1. The summed E-state index contributed by atoms with van der Waals surface area (Å²) < 4.78 is 0. The molecule has 0 radical (unpaired) electrons. The van der Waals surface area contributed by atoms with Crippen LogP contribution >= 0.6 is 11.6 Å². The SMILES string of the molecule is CC(=O)N[C@H]1CC[C@@H](c2ccc(Cl)c(C)c2)c2ccccc21. The minimum absolute atomic E-state index is 0.0283. The summed E-state index contributed by atoms with van der Waals surface area (Å²) >= 11 is 6.15. The minimum atomic E-state index is 0.0283. The van der Waals surface area contributed by atoms with Gasteiger partial charge in [0, 0.05) is 17.9 Å². The Morgan fingerprint density at radius 1 is 1.14 bits per heavy atom. The first kappa shape index (κ1) is 15.1. The fourth-order valence-corrected chi connectivity index (χ4v) is 3.53. The molecule has 114 valence electrons. The first-order valence-electron chi connectivity index (χ1n) is 7.68. The number of hydrogen-bond donors (Lipinski definition) is 1. The van der Waals surface area contributed by atoms with E-state index in [-0.39, 0.29) is 11.9 Å². The van der Waals surface area contributed by atoms with Crippen LogP contribution in [0.25, 0.3) is 0 Å². The number of nitrogens with one attached hydrogen (secondary N) is 1. The average Bonchev–Trinajstić information content (AvgIpc) is 2.50. The van der Waals surface area contributed by atoms with E-state index in [0.29, 0.717) is 5.92 Å². The second-order valence-corrected chi connectivity index (χ2v) is 6.43. The monoisotopic (exact) mass is 313 g/mol. The van der Waals surface area contributed by atoms with Crippen molar-refractivity contribution in [1.82, 2.24) is 5.32 Å². The number of rotatable bonds is 2. The van der Waals surface area contributed by atoms with Gasteiger partial charge < -0.3 is 5.32 Å². The van der Waals surface area contributed by atoms with E-state index in [1.807, 2.05) is 19.1 Å². The van der Waals surface area contributed by atoms with E-state index in [9.17, 15) is 4.79 Å². The van der Waals surface area contributed by atoms with E-state index in [1.54, 1.807) is 6.92 Å². The summed E-state index contributed by atoms with van der Waals surface area (Å²) in [6, 6.07) is 14.8. The molecule has 22 heavy (non-hydrogen) atoms. The first-order valence-corrected chi connectivity index (χ1v) is 8.06. The molecule has 0 bridgehead atoms. The highest BCUT2D eigenvalue weighted by molar-refractivity contribution is 6.31. The highest BCUT2D eigenvalue weighted by Crippen LogP contribution is 2.41. The molecule has 2 aromatic rings. The van der Waals surface area contributed by atoms with Gasteiger partial charge in [0.2, 0.25) is 5.91 Å². The van der Waals surface area contributed by atoms with E-state index in [1.165, 1.54) is 16.7 Å². The summed E-state index contributed by atoms with van der Waals surface area (Å²) in [6.45, 7) is 3.62. The maximum Gasteiger partial charge on any atom is 0.217 e. The van der Waals surface area contributed by atoms with Crippen molar-refractivity contribution in [2.75, 3.05) is 0 Å². The van der Waals surface area contributed by atoms with Crippen LogP contribution in [0.15, 0.2) is 42.5 Å². The van der Waals surface area contributed by atoms with Gasteiger partial charge in [0.25, 0.3) is 0 Å². The number of carbonyl (C=O) groups excluding carboxylic acids is 1. The molecule has 3 heteroatoms. The lowest BCUT2D eigenvalue weighted by Crippen LogP contribution is -2.30. The van der Waals surface area contributed by atoms with E-state index in [2.05, 4.69) is 35.6 Å². The van der Waals surface area contributed by atoms with Crippen molar-refractivity contribution in [2.45, 2.75) is 38.6 Å². The Labute approximate surface area is 136 Å². The van der Waals surface area contributed by atoms with Crippen molar-refractivity contribution < 1.29 is 4.79 Å². The summed E-state index contributed by atoms with van der Waals surface area (Å²) in [5.74, 6) is 0.401. The largest absolute Gasteiger partial charge is 0.350 e. The zero-order chi connectivity index (χ0) is 15.7. The molecule has 1 N–H and O–H groups in total. The van der Waals surface area contributed by atoms with E-state index in [0.717, 1.165) is 23.4 Å². The Hall–Kier alpha value is -1.80. The van der Waals surface area contributed by atoms with Crippen LogP contribution < -0.4 is 5.32 Å². The highest BCUT2D eigenvalue weighted by atomic mass is 35.5. The van der Waals surface area contributed by atoms with Gasteiger partial charge in [-0.3, -0.25) is 4.79 Å². The summed E-state index contributed by atoms with van der Waals surface area (Å²) in [6.07, 6.45) is 1.99. The maximum atomic E-state index is 11.4. The number of hydrogen-bond acceptors (Lipinski definition) is 1. The molecule has 1 aliphatic rings. The molecule has 1 aliphatic carbocycles. The van der Waals surface area contributed by atoms with Crippen molar-refractivity contribution in [1.29, 1.82) is 0 Å². The summed E-state index contributed by atoms with van der Waals surface area (Å²) in [7, 11) is 0. The van der Waals surface area contributed by atoms with Gasteiger partial charge in [-0.05, 0) is 48.1 Å². The molecule has 0 fully saturated rings. The van der Waals surface area contributed by atoms with Gasteiger partial charge in [-0.15, -0.1) is 0 Å². The number of aryl methyl sites for hydroxylation is 1. The fraction of sp³-hybridized carbons (Fsp3) is 0.316. The van der Waals surface area contributed by atoms with Crippen molar-refractivity contribution in [3.63, 3.8) is 0 Å². The molecule has 2 nitrogen and oxygen atoms in total. The topological polar surface area (TPSA) is 29.1 Å². The summed E-state index contributed by atoms with van der Waals surface area (Å²) in [5, 5.41) is 3.88. The van der Waals surface area contributed by atoms with Crippen LogP contribution in [0.3, 0.4) is 0 Å². The minimum Gasteiger partial charge on any atom is -0.350 e. The predicted octanol–water partition coefficient (Wildman–Crippen LogP) is 4.75. The molecule has 1 amide bonds. The van der Waals surface area contributed by atoms with E-state index < -0.39 is 0 Å². The van der Waals surface area contributed by atoms with E-state index >= 15 is 0 Å². The molecule has 0 unspecified atom stereocenters. The van der Waals surface area contributed by atoms with Crippen LogP contribution in [0.1, 0.15) is 54.0 Å². The lowest BCUT2D eigenvalue weighted by Gasteiger charge is -2.32. The van der Waals surface area contributed by atoms with Crippen molar-refractivity contribution in [2.24, 2.45) is 0 Å². The Balaban J connectivity index is 2.00. The van der Waals surface area contributed by atoms with Gasteiger partial charge >= 0.3 is 0 Å². The summed E-state index contributed by atoms with van der Waals surface area (Å²) in [5.41, 5.74) is 4.96. The van der Waals surface area contributed by atoms with Crippen LogP contribution in [0.5, 0.6) is 0 Å². The standard InChI is InChI=1S/C19H20ClNO/c1-12-11-14(7-9-18(12)20)15-8-10-19(21-13(2)22)17-6-4-3-5-16(15)17/h3-7,9,11,15,19H,8,10H2,1-2H3,(H,21,22)/t15-,19-/m0/s1. The van der Waals surface area contributed by atoms with Crippen LogP contribution in [0.2, 0.25) is 5.02 Å². The quantitative estimate of drug-likeness (QED) is 0.851. The lowest BCUT2D eigenvalue weighted by atomic mass is 9.76. The van der Waals surface area contributed by atoms with Gasteiger partial charge in [0.15, 0.2) is 0 Å². The van der Waals surface area contributed by atoms with Crippen LogP contribution in [-0.4, -0.2) is 5.91 Å². The van der Waals surface area contributed by atoms with Gasteiger partial charge in [0.05, 0.1) is 6.04 Å². The van der Waals surface area contributed by atoms with Crippen molar-refractivity contribution in [3.05, 3.63) is 69.7 Å². The lowest BCUT2D eigenvalue weighted by molar-refractivity contribution is -0.119. The van der Waals surface area contributed by atoms with Crippen LogP contribution in [0.4, 0.5) is 0 Å². The third kappa shape index (κ3) is 2.89. The third-order valence-electron chi connectivity index (χ3n) is 4.45. The highest BCUT2D eigenvalue weighted by Gasteiger charge is 2.28. The Bertz CT molecular complexity index is 710. The number of benzene rings is 2. The molecule has 2 aromatic carbocycles. The smallest absolute Gasteiger partial charge is 0.217 e. The number of carbonyl (C=O) groups is 1. The second-order valence-electron chi connectivity index (χ2n) is 6.02. The number of amides is 1. The van der Waals surface area contributed by atoms with Crippen LogP contribution in [0, 0.1) is 6.92 Å². The molecule has 3 rings (SSSR count). The predicted molar refractivity (Wildman–Crippen MR) is 90.3 cm³/mol. The second kappa shape index (κ2) is 6.13. The van der Waals surface area contributed by atoms with Gasteiger partial charge in [-0.2, -0.15) is 0 Å². The molecular formula is C19H20ClNO. The Morgan fingerprint density at radius 3 is 2.55 bits per heavy atom. The molecule has 0 saturated heterocycles. The Kier molecular flexibility index (Phi) is 4.21. The van der Waals surface area contributed by atoms with E-state index in [4.69, 9.17) is 11.6 Å². The molecule has 2 atom stereocenters. The van der Waals surface area contributed by atoms with Gasteiger partial charge in [-0.1, -0.05) is 48.0 Å². The summed E-state index contributed by atoms with van der Waals surface area (Å²) in [4.78, 5) is 11.4. The normalized spacial score (nSPS) is 20.3. The Morgan fingerprint density at radius 2 is 1.86 bits per heavy atom. The molecule has 0 saturated carbocycles. The zero-order valence-corrected chi connectivity index (χ0v) is 13.7. The molecule has 0 spiro atoms. The third-order valence-corrected chi connectivity index (χ3v) is 4.88. The van der Waals surface area contributed by atoms with Crippen molar-refractivity contribution in [3.8, 4) is 0 Å². The van der Waals surface area contributed by atoms with Gasteiger partial charge in [-0.25, -0.2) is 0 Å². The van der Waals surface area contributed by atoms with Crippen LogP contribution in [-0.2, 0) is 4.79 Å². The molecule has 0 aliphatic heterocycles. The first-order chi connectivity index (χ1) is 10.6. The molecule has 0 heterocycles. The van der Waals surface area contributed by atoms with Crippen molar-refractivity contribution >= 4 is 17.5 Å². The average molecular weight is 314 g/mol. The zero-order valence-electron chi connectivity index (χ0n) is 12.9.